The highest BCUT2D eigenvalue weighted by atomic mass is 16.8. The van der Waals surface area contributed by atoms with E-state index in [9.17, 15) is 46.0 Å². The number of aliphatic hydroxyl groups is 6. The second kappa shape index (κ2) is 10.9. The Morgan fingerprint density at radius 1 is 0.814 bits per heavy atom. The van der Waals surface area contributed by atoms with E-state index in [2.05, 4.69) is 0 Å². The lowest BCUT2D eigenvalue weighted by atomic mass is 9.89. The highest BCUT2D eigenvalue weighted by Crippen LogP contribution is 2.60. The van der Waals surface area contributed by atoms with Crippen LogP contribution in [0.4, 0.5) is 0 Å². The topological polar surface area (TPSA) is 237 Å². The first-order chi connectivity index (χ1) is 20.3. The zero-order valence-electron chi connectivity index (χ0n) is 23.0. The number of aromatic hydroxyl groups is 3. The Kier molecular flexibility index (Phi) is 7.62. The highest BCUT2D eigenvalue weighted by Gasteiger charge is 2.60. The third kappa shape index (κ3) is 4.85. The van der Waals surface area contributed by atoms with E-state index in [1.807, 2.05) is 0 Å². The van der Waals surface area contributed by atoms with Crippen molar-refractivity contribution in [1.82, 2.24) is 0 Å². The summed E-state index contributed by atoms with van der Waals surface area (Å²) in [5, 5.41) is 93.9. The Hall–Kier alpha value is -2.96. The quantitative estimate of drug-likeness (QED) is 0.176. The van der Waals surface area contributed by atoms with Crippen LogP contribution in [0, 0.1) is 0 Å². The summed E-state index contributed by atoms with van der Waals surface area (Å²) < 4.78 is 34.5. The lowest BCUT2D eigenvalue weighted by molar-refractivity contribution is -0.361. The molecule has 0 unspecified atom stereocenters. The molecule has 15 heteroatoms. The van der Waals surface area contributed by atoms with Gasteiger partial charge in [0.05, 0.1) is 31.3 Å². The fraction of sp³-hybridized carbons (Fsp3) is 0.571. The van der Waals surface area contributed by atoms with Crippen LogP contribution < -0.4 is 9.47 Å². The van der Waals surface area contributed by atoms with Gasteiger partial charge in [0.25, 0.3) is 0 Å². The maximum Gasteiger partial charge on any atom is 0.228 e. The van der Waals surface area contributed by atoms with Gasteiger partial charge in [0.1, 0.15) is 60.0 Å². The number of ether oxygens (including phenoxy) is 6. The first-order valence-electron chi connectivity index (χ1n) is 13.7. The lowest BCUT2D eigenvalue weighted by Crippen LogP contribution is -2.62. The molecule has 0 radical (unpaired) electrons. The van der Waals surface area contributed by atoms with E-state index in [4.69, 9.17) is 28.4 Å². The van der Waals surface area contributed by atoms with Crippen molar-refractivity contribution in [2.45, 2.75) is 86.5 Å². The molecule has 3 heterocycles. The maximum atomic E-state index is 10.9. The molecule has 43 heavy (non-hydrogen) atoms. The average Bonchev–Trinajstić information content (AvgIpc) is 3.42. The molecule has 2 saturated heterocycles. The van der Waals surface area contributed by atoms with Gasteiger partial charge in [0.2, 0.25) is 5.79 Å². The van der Waals surface area contributed by atoms with E-state index in [-0.39, 0.29) is 40.7 Å². The van der Waals surface area contributed by atoms with E-state index in [1.54, 1.807) is 6.07 Å². The van der Waals surface area contributed by atoms with Crippen LogP contribution in [0.3, 0.4) is 0 Å². The minimum Gasteiger partial charge on any atom is -0.508 e. The summed E-state index contributed by atoms with van der Waals surface area (Å²) in [6.07, 6.45) is -15.1. The summed E-state index contributed by atoms with van der Waals surface area (Å²) in [5.41, 5.74) is 1.36. The number of methoxy groups -OCH3 is 1. The van der Waals surface area contributed by atoms with Gasteiger partial charge >= 0.3 is 0 Å². The van der Waals surface area contributed by atoms with Crippen LogP contribution >= 0.6 is 0 Å². The number of hydrogen-bond donors (Lipinski definition) is 9. The first kappa shape index (κ1) is 30.1. The molecule has 0 spiro atoms. The Labute approximate surface area is 244 Å². The van der Waals surface area contributed by atoms with Gasteiger partial charge in [-0.2, -0.15) is 0 Å². The predicted molar refractivity (Wildman–Crippen MR) is 139 cm³/mol. The van der Waals surface area contributed by atoms with E-state index < -0.39 is 79.7 Å². The van der Waals surface area contributed by atoms with Crippen LogP contribution in [0.15, 0.2) is 24.3 Å². The molecule has 0 bridgehead atoms. The van der Waals surface area contributed by atoms with Crippen molar-refractivity contribution >= 4 is 0 Å². The van der Waals surface area contributed by atoms with Gasteiger partial charge in [0.15, 0.2) is 24.1 Å². The van der Waals surface area contributed by atoms with Gasteiger partial charge < -0.3 is 74.4 Å². The van der Waals surface area contributed by atoms with Gasteiger partial charge in [-0.25, -0.2) is 0 Å². The van der Waals surface area contributed by atoms with Crippen molar-refractivity contribution < 1.29 is 74.4 Å². The van der Waals surface area contributed by atoms with Gasteiger partial charge in [-0.1, -0.05) is 0 Å². The number of aliphatic hydroxyl groups excluding tert-OH is 6. The fourth-order valence-corrected chi connectivity index (χ4v) is 6.27. The van der Waals surface area contributed by atoms with Crippen LogP contribution in [0.5, 0.6) is 28.7 Å². The Bertz CT molecular complexity index is 1370. The molecule has 2 aromatic rings. The molecule has 12 atom stereocenters. The molecular formula is C28H34O15. The molecule has 2 fully saturated rings. The Balaban J connectivity index is 1.28. The lowest BCUT2D eigenvalue weighted by Gasteiger charge is -2.44. The molecule has 0 saturated carbocycles. The minimum absolute atomic E-state index is 0.00880. The number of rotatable bonds is 6. The van der Waals surface area contributed by atoms with Crippen molar-refractivity contribution in [2.75, 3.05) is 13.7 Å². The van der Waals surface area contributed by atoms with Gasteiger partial charge in [0, 0.05) is 18.6 Å². The van der Waals surface area contributed by atoms with Crippen LogP contribution in [-0.4, -0.2) is 127 Å². The molecular weight excluding hydrogens is 576 g/mol. The van der Waals surface area contributed by atoms with Crippen LogP contribution in [-0.2, 0) is 25.4 Å². The second-order valence-electron chi connectivity index (χ2n) is 11.3. The molecule has 9 N–H and O–H groups in total. The first-order valence-corrected chi connectivity index (χ1v) is 13.7. The fourth-order valence-electron chi connectivity index (χ4n) is 6.27. The van der Waals surface area contributed by atoms with Crippen molar-refractivity contribution in [3.05, 3.63) is 41.0 Å². The third-order valence-electron chi connectivity index (χ3n) is 8.52. The Morgan fingerprint density at radius 3 is 2.23 bits per heavy atom. The van der Waals surface area contributed by atoms with Gasteiger partial charge in [-0.05, 0) is 30.2 Å². The number of phenols is 3. The molecule has 0 aromatic heterocycles. The smallest absolute Gasteiger partial charge is 0.228 e. The van der Waals surface area contributed by atoms with Crippen LogP contribution in [0.25, 0.3) is 0 Å². The molecule has 236 valence electrons. The standard InChI is InChI=1S/C28H34O15/c1-9-20(32)22(34)24(36)26(40-9)39-8-17-21(33)23(35)25(37)27(41-17)43-28-7-10-3-15(38-2)13(30)6-12(10)19(28)18-14(31)4-11(29)5-16(18)42-28/h3-6,9,17,19-27,29-37H,7-8H2,1-2H3/t9-,17+,19+,20-,21+,22+,23-,24+,25+,26+,27-,28-/m0/s1. The molecule has 15 nitrogen and oxygen atoms in total. The number of hydrogen-bond acceptors (Lipinski definition) is 15. The van der Waals surface area contributed by atoms with Gasteiger partial charge in [-0.3, -0.25) is 0 Å². The maximum absolute atomic E-state index is 10.9. The molecule has 4 aliphatic rings. The van der Waals surface area contributed by atoms with Crippen LogP contribution in [0.2, 0.25) is 0 Å². The van der Waals surface area contributed by atoms with E-state index in [0.717, 1.165) is 6.07 Å². The number of benzene rings is 2. The Morgan fingerprint density at radius 2 is 1.51 bits per heavy atom. The molecule has 2 aromatic carbocycles. The third-order valence-corrected chi connectivity index (χ3v) is 8.52. The van der Waals surface area contributed by atoms with Crippen molar-refractivity contribution in [3.8, 4) is 28.7 Å². The SMILES string of the molecule is COc1cc2c(cc1O)[C@@H]1c3c(O)cc(O)cc3O[C@]1(O[C@@H]1O[C@H](CO[C@@H]3O[C@@H](C)[C@H](O)[C@@H](O)[C@H]3O)[C@@H](O)[C@H](O)[C@H]1O)C2. The average molecular weight is 611 g/mol. The summed E-state index contributed by atoms with van der Waals surface area (Å²) >= 11 is 0. The minimum atomic E-state index is -1.80. The summed E-state index contributed by atoms with van der Waals surface area (Å²) in [7, 11) is 1.38. The largest absolute Gasteiger partial charge is 0.508 e. The summed E-state index contributed by atoms with van der Waals surface area (Å²) in [5.74, 6) is -3.15. The van der Waals surface area contributed by atoms with E-state index in [0.29, 0.717) is 11.1 Å². The van der Waals surface area contributed by atoms with Crippen molar-refractivity contribution in [1.29, 1.82) is 0 Å². The number of phenolic OH excluding ortho intramolecular Hbond substituents is 3. The predicted octanol–water partition coefficient (Wildman–Crippen LogP) is -1.74. The van der Waals surface area contributed by atoms with E-state index >= 15 is 0 Å². The van der Waals surface area contributed by atoms with E-state index in [1.165, 1.54) is 26.2 Å². The second-order valence-corrected chi connectivity index (χ2v) is 11.3. The zero-order valence-corrected chi connectivity index (χ0v) is 23.0. The highest BCUT2D eigenvalue weighted by molar-refractivity contribution is 5.63. The molecule has 0 amide bonds. The van der Waals surface area contributed by atoms with Crippen LogP contribution in [0.1, 0.15) is 29.5 Å². The van der Waals surface area contributed by atoms with Gasteiger partial charge in [-0.15, -0.1) is 0 Å². The monoisotopic (exact) mass is 610 g/mol. The normalized spacial score (nSPS) is 40.0. The van der Waals surface area contributed by atoms with Crippen molar-refractivity contribution in [2.24, 2.45) is 0 Å². The zero-order chi connectivity index (χ0) is 31.0. The van der Waals surface area contributed by atoms with Crippen molar-refractivity contribution in [3.63, 3.8) is 0 Å². The summed E-state index contributed by atoms with van der Waals surface area (Å²) in [4.78, 5) is 0. The summed E-state index contributed by atoms with van der Waals surface area (Å²) in [6.45, 7) is 0.966. The summed E-state index contributed by atoms with van der Waals surface area (Å²) in [6, 6.07) is 5.40. The molecule has 1 aliphatic carbocycles. The molecule has 3 aliphatic heterocycles. The molecule has 6 rings (SSSR count). The number of fused-ring (bicyclic) bond motifs is 5.